The number of hydrogen-bond acceptors (Lipinski definition) is 3. The van der Waals surface area contributed by atoms with Gasteiger partial charge in [-0.3, -0.25) is 0 Å². The van der Waals surface area contributed by atoms with Gasteiger partial charge >= 0.3 is 7.12 Å². The monoisotopic (exact) mass is 351 g/mol. The van der Waals surface area contributed by atoms with Gasteiger partial charge in [-0.05, 0) is 17.6 Å². The molecule has 1 aromatic carbocycles. The summed E-state index contributed by atoms with van der Waals surface area (Å²) in [5, 5.41) is 17.3. The van der Waals surface area contributed by atoms with Crippen LogP contribution in [0.25, 0.3) is 0 Å². The van der Waals surface area contributed by atoms with E-state index in [1.165, 1.54) is 0 Å². The maximum absolute atomic E-state index is 8.65. The predicted molar refractivity (Wildman–Crippen MR) is 43.5 cm³/mol. The summed E-state index contributed by atoms with van der Waals surface area (Å²) in [7, 11) is -1.38. The van der Waals surface area contributed by atoms with Crippen LogP contribution in [0.15, 0.2) is 29.2 Å². The predicted octanol–water partition coefficient (Wildman–Crippen LogP) is -0.347. The molecule has 1 aromatic rings. The third-order valence-electron chi connectivity index (χ3n) is 1.19. The second kappa shape index (κ2) is 5.03. The van der Waals surface area contributed by atoms with Crippen LogP contribution in [-0.4, -0.2) is 17.2 Å². The van der Waals surface area contributed by atoms with E-state index >= 15 is 0 Å². The van der Waals surface area contributed by atoms with Crippen molar-refractivity contribution in [3.63, 3.8) is 0 Å². The van der Waals surface area contributed by atoms with E-state index in [0.29, 0.717) is 5.46 Å². The molecule has 2 nitrogen and oxygen atoms in total. The second-order valence-electron chi connectivity index (χ2n) is 1.97. The summed E-state index contributed by atoms with van der Waals surface area (Å²) in [6.45, 7) is 0. The number of thiol groups is 1. The van der Waals surface area contributed by atoms with Gasteiger partial charge < -0.3 is 10.0 Å². The Morgan fingerprint density at radius 2 is 1.55 bits per heavy atom. The van der Waals surface area contributed by atoms with E-state index in [1.54, 1.807) is 24.3 Å². The van der Waals surface area contributed by atoms with Gasteiger partial charge in [0.1, 0.15) is 0 Å². The molecule has 63 valence electrons. The molecular weight excluding hydrogens is 344 g/mol. The smallest absolute Gasteiger partial charge is 0.423 e. The fourth-order valence-corrected chi connectivity index (χ4v) is 0.796. The van der Waals surface area contributed by atoms with Crippen LogP contribution in [0, 0.1) is 0 Å². The van der Waals surface area contributed by atoms with Crippen LogP contribution in [0.1, 0.15) is 0 Å². The second-order valence-corrected chi connectivity index (χ2v) is 2.48. The van der Waals surface area contributed by atoms with Gasteiger partial charge in [0.05, 0.1) is 0 Å². The molecule has 0 heterocycles. The zero-order valence-corrected chi connectivity index (χ0v) is 8.59. The third-order valence-corrected chi connectivity index (χ3v) is 1.49. The van der Waals surface area contributed by atoms with Crippen LogP contribution in [0.5, 0.6) is 0 Å². The van der Waals surface area contributed by atoms with Crippen molar-refractivity contribution in [2.24, 2.45) is 0 Å². The quantitative estimate of drug-likeness (QED) is 0.479. The van der Waals surface area contributed by atoms with Gasteiger partial charge in [-0.1, -0.05) is 12.1 Å². The van der Waals surface area contributed by atoms with E-state index in [4.69, 9.17) is 10.0 Å². The molecule has 0 saturated heterocycles. The minimum absolute atomic E-state index is 0. The molecule has 0 aliphatic heterocycles. The molecule has 0 aliphatic carbocycles. The first-order chi connectivity index (χ1) is 4.70. The van der Waals surface area contributed by atoms with E-state index in [1.807, 2.05) is 0 Å². The molecule has 0 saturated carbocycles. The molecule has 0 amide bonds. The summed E-state index contributed by atoms with van der Waals surface area (Å²) in [6.07, 6.45) is 0. The average Bonchev–Trinajstić information content (AvgIpc) is 1.88. The van der Waals surface area contributed by atoms with Gasteiger partial charge in [0.15, 0.2) is 0 Å². The normalized spacial score (nSPS) is 8.64. The third kappa shape index (κ3) is 3.47. The molecule has 1 radical (unpaired) electrons. The van der Waals surface area contributed by atoms with Crippen molar-refractivity contribution in [1.82, 2.24) is 0 Å². The number of benzene rings is 1. The van der Waals surface area contributed by atoms with Crippen LogP contribution >= 0.6 is 12.6 Å². The van der Waals surface area contributed by atoms with Crippen LogP contribution in [0.3, 0.4) is 0 Å². The zero-order chi connectivity index (χ0) is 7.56. The summed E-state index contributed by atoms with van der Waals surface area (Å²) < 4.78 is 0. The fraction of sp³-hybridized carbons (Fsp3) is 0. The molecule has 0 aliphatic rings. The molecule has 11 heavy (non-hydrogen) atoms. The summed E-state index contributed by atoms with van der Waals surface area (Å²) in [5.41, 5.74) is 0.484. The summed E-state index contributed by atoms with van der Waals surface area (Å²) >= 11 is 4.04. The van der Waals surface area contributed by atoms with Crippen LogP contribution in [-0.2, 0) is 22.4 Å². The Morgan fingerprint density at radius 1 is 1.09 bits per heavy atom. The Morgan fingerprint density at radius 3 is 1.91 bits per heavy atom. The fourth-order valence-electron chi connectivity index (χ4n) is 0.646. The van der Waals surface area contributed by atoms with E-state index in [2.05, 4.69) is 12.6 Å². The van der Waals surface area contributed by atoms with Crippen molar-refractivity contribution >= 4 is 25.2 Å². The van der Waals surface area contributed by atoms with E-state index < -0.39 is 7.12 Å². The van der Waals surface area contributed by atoms with Crippen molar-refractivity contribution in [2.45, 2.75) is 4.90 Å². The standard InChI is InChI=1S/C6H7BO2S.Au/c8-7(9)5-1-3-6(10)4-2-5;/h1-4,8-10H;. The minimum Gasteiger partial charge on any atom is -0.423 e. The maximum Gasteiger partial charge on any atom is 0.488 e. The van der Waals surface area contributed by atoms with Gasteiger partial charge in [-0.2, -0.15) is 0 Å². The molecule has 0 atom stereocenters. The van der Waals surface area contributed by atoms with Crippen molar-refractivity contribution in [1.29, 1.82) is 0 Å². The average molecular weight is 351 g/mol. The molecule has 0 aromatic heterocycles. The van der Waals surface area contributed by atoms with Gasteiger partial charge in [0.2, 0.25) is 0 Å². The van der Waals surface area contributed by atoms with Crippen LogP contribution < -0.4 is 5.46 Å². The first-order valence-electron chi connectivity index (χ1n) is 2.85. The van der Waals surface area contributed by atoms with Crippen LogP contribution in [0.4, 0.5) is 0 Å². The molecule has 0 spiro atoms. The van der Waals surface area contributed by atoms with Crippen molar-refractivity contribution in [3.8, 4) is 0 Å². The molecule has 0 unspecified atom stereocenters. The SMILES string of the molecule is OB(O)c1ccc(S)cc1.[Au]. The van der Waals surface area contributed by atoms with Crippen molar-refractivity contribution in [3.05, 3.63) is 24.3 Å². The van der Waals surface area contributed by atoms with E-state index in [-0.39, 0.29) is 22.4 Å². The topological polar surface area (TPSA) is 40.5 Å². The van der Waals surface area contributed by atoms with E-state index in [0.717, 1.165) is 4.90 Å². The Balaban J connectivity index is 0.000001000. The molecule has 1 rings (SSSR count). The Hall–Kier alpha value is 0.295. The van der Waals surface area contributed by atoms with Gasteiger partial charge in [0, 0.05) is 27.3 Å². The van der Waals surface area contributed by atoms with Gasteiger partial charge in [-0.15, -0.1) is 12.6 Å². The molecule has 5 heteroatoms. The van der Waals surface area contributed by atoms with Crippen molar-refractivity contribution in [2.75, 3.05) is 0 Å². The minimum atomic E-state index is -1.38. The Kier molecular flexibility index (Phi) is 5.17. The maximum atomic E-state index is 8.65. The summed E-state index contributed by atoms with van der Waals surface area (Å²) in [6, 6.07) is 6.65. The molecular formula is C6H7AuBO2S. The molecule has 2 N–H and O–H groups in total. The summed E-state index contributed by atoms with van der Waals surface area (Å²) in [4.78, 5) is 0.810. The van der Waals surface area contributed by atoms with E-state index in [9.17, 15) is 0 Å². The largest absolute Gasteiger partial charge is 0.488 e. The summed E-state index contributed by atoms with van der Waals surface area (Å²) in [5.74, 6) is 0. The first-order valence-corrected chi connectivity index (χ1v) is 3.30. The van der Waals surface area contributed by atoms with Gasteiger partial charge in [-0.25, -0.2) is 0 Å². The number of rotatable bonds is 1. The first kappa shape index (κ1) is 11.3. The molecule has 0 bridgehead atoms. The molecule has 0 fully saturated rings. The van der Waals surface area contributed by atoms with Crippen LogP contribution in [0.2, 0.25) is 0 Å². The van der Waals surface area contributed by atoms with Crippen molar-refractivity contribution < 1.29 is 32.4 Å². The zero-order valence-electron chi connectivity index (χ0n) is 5.53. The number of hydrogen-bond donors (Lipinski definition) is 3. The van der Waals surface area contributed by atoms with Gasteiger partial charge in [0.25, 0.3) is 0 Å². The Bertz CT molecular complexity index is 214. The Labute approximate surface area is 86.7 Å².